The maximum atomic E-state index is 5.95. The largest absolute Gasteiger partial charge is 0.342 e. The second kappa shape index (κ2) is 4.69. The van der Waals surface area contributed by atoms with Gasteiger partial charge in [-0.25, -0.2) is 0 Å². The molecule has 0 saturated carbocycles. The van der Waals surface area contributed by atoms with E-state index in [1.165, 1.54) is 0 Å². The highest BCUT2D eigenvalue weighted by Gasteiger charge is 2.49. The minimum absolute atomic E-state index is 0.374. The van der Waals surface area contributed by atoms with Crippen LogP contribution in [0.4, 0.5) is 0 Å². The normalized spacial score (nSPS) is 14.7. The van der Waals surface area contributed by atoms with E-state index in [0.717, 1.165) is 0 Å². The molecule has 0 aromatic heterocycles. The Hall–Kier alpha value is 1.29. The summed E-state index contributed by atoms with van der Waals surface area (Å²) in [5, 5.41) is 5.52. The lowest BCUT2D eigenvalue weighted by Crippen LogP contribution is -2.54. The predicted octanol–water partition coefficient (Wildman–Crippen LogP) is 3.11. The molecule has 0 aromatic rings. The van der Waals surface area contributed by atoms with Crippen LogP contribution < -0.4 is 5.40 Å². The van der Waals surface area contributed by atoms with Gasteiger partial charge in [0.05, 0.1) is 0 Å². The summed E-state index contributed by atoms with van der Waals surface area (Å²) in [5.74, 6) is 0.374. The average Bonchev–Trinajstić information content (AvgIpc) is 1.81. The minimum atomic E-state index is -2.92. The van der Waals surface area contributed by atoms with E-state index in [9.17, 15) is 0 Å². The summed E-state index contributed by atoms with van der Waals surface area (Å²) in [5.41, 5.74) is 1.69. The molecule has 72 valence electrons. The van der Waals surface area contributed by atoms with Gasteiger partial charge in [-0.05, 0) is 5.92 Å². The fraction of sp³-hybridized carbons (Fsp3) is 0.600. The SMILES string of the molecule is CC(C)C=C[Si](Cl)(Cl)[Si](N)(Cl)Cl. The molecule has 0 fully saturated rings. The summed E-state index contributed by atoms with van der Waals surface area (Å²) in [6.07, 6.45) is -3.80. The number of allylic oxidation sites excluding steroid dienone is 1. The van der Waals surface area contributed by atoms with E-state index in [0.29, 0.717) is 5.92 Å². The van der Waals surface area contributed by atoms with Crippen molar-refractivity contribution in [3.8, 4) is 0 Å². The predicted molar refractivity (Wildman–Crippen MR) is 63.1 cm³/mol. The molecule has 0 atom stereocenters. The maximum absolute atomic E-state index is 5.95. The molecule has 0 heterocycles. The minimum Gasteiger partial charge on any atom is -0.327 e. The Morgan fingerprint density at radius 2 is 1.58 bits per heavy atom. The van der Waals surface area contributed by atoms with Crippen molar-refractivity contribution in [3.05, 3.63) is 11.8 Å². The van der Waals surface area contributed by atoms with Gasteiger partial charge in [0, 0.05) is 0 Å². The van der Waals surface area contributed by atoms with E-state index < -0.39 is 12.6 Å². The van der Waals surface area contributed by atoms with E-state index >= 15 is 0 Å². The number of halogens is 4. The molecule has 0 aliphatic heterocycles. The second-order valence-electron chi connectivity index (χ2n) is 2.85. The fourth-order valence-corrected chi connectivity index (χ4v) is 3.80. The van der Waals surface area contributed by atoms with Gasteiger partial charge in [-0.3, -0.25) is 0 Å². The van der Waals surface area contributed by atoms with E-state index in [1.807, 2.05) is 19.9 Å². The lowest BCUT2D eigenvalue weighted by atomic mass is 10.2. The van der Waals surface area contributed by atoms with Crippen LogP contribution in [0.5, 0.6) is 0 Å². The summed E-state index contributed by atoms with van der Waals surface area (Å²) in [6.45, 7) is 4.02. The summed E-state index contributed by atoms with van der Waals surface area (Å²) < 4.78 is 0. The molecule has 2 N–H and O–H groups in total. The van der Waals surface area contributed by atoms with Crippen LogP contribution in [0.15, 0.2) is 11.8 Å². The van der Waals surface area contributed by atoms with Crippen molar-refractivity contribution >= 4 is 56.9 Å². The van der Waals surface area contributed by atoms with Gasteiger partial charge in [-0.15, -0.1) is 44.3 Å². The molecule has 0 aliphatic rings. The standard InChI is InChI=1S/C5H11Cl4NSi2/c1-5(2)3-4-11(6,7)12(8,9)10/h3-5H,10H2,1-2H3. The summed E-state index contributed by atoms with van der Waals surface area (Å²) in [4.78, 5) is 0. The molecule has 0 aliphatic carbocycles. The highest BCUT2D eigenvalue weighted by Crippen LogP contribution is 2.31. The van der Waals surface area contributed by atoms with Crippen LogP contribution in [0.3, 0.4) is 0 Å². The van der Waals surface area contributed by atoms with E-state index in [4.69, 9.17) is 49.7 Å². The molecular weight excluding hydrogens is 272 g/mol. The average molecular weight is 283 g/mol. The Bertz CT molecular complexity index is 175. The molecule has 1 nitrogen and oxygen atoms in total. The van der Waals surface area contributed by atoms with Gasteiger partial charge in [0.1, 0.15) is 0 Å². The lowest BCUT2D eigenvalue weighted by Gasteiger charge is -2.20. The first kappa shape index (κ1) is 13.3. The van der Waals surface area contributed by atoms with Gasteiger partial charge in [0.25, 0.3) is 0 Å². The van der Waals surface area contributed by atoms with Crippen molar-refractivity contribution in [2.45, 2.75) is 13.8 Å². The van der Waals surface area contributed by atoms with Gasteiger partial charge >= 0.3 is 12.6 Å². The zero-order valence-corrected chi connectivity index (χ0v) is 11.8. The van der Waals surface area contributed by atoms with Gasteiger partial charge in [-0.1, -0.05) is 25.6 Å². The van der Waals surface area contributed by atoms with Gasteiger partial charge < -0.3 is 5.40 Å². The van der Waals surface area contributed by atoms with Crippen molar-refractivity contribution in [2.24, 2.45) is 11.3 Å². The van der Waals surface area contributed by atoms with E-state index in [-0.39, 0.29) is 0 Å². The third-order valence-electron chi connectivity index (χ3n) is 1.13. The first-order chi connectivity index (χ1) is 5.17. The first-order valence-electron chi connectivity index (χ1n) is 3.40. The first-order valence-corrected chi connectivity index (χ1v) is 12.6. The summed E-state index contributed by atoms with van der Waals surface area (Å²) in [7, 11) is 0. The quantitative estimate of drug-likeness (QED) is 0.625. The van der Waals surface area contributed by atoms with Gasteiger partial charge in [0.15, 0.2) is 0 Å². The van der Waals surface area contributed by atoms with Crippen LogP contribution in [-0.2, 0) is 0 Å². The molecule has 12 heavy (non-hydrogen) atoms. The highest BCUT2D eigenvalue weighted by molar-refractivity contribution is 7.93. The Labute approximate surface area is 93.5 Å². The number of nitrogens with two attached hydrogens (primary N) is 1. The number of hydrogen-bond acceptors (Lipinski definition) is 1. The smallest absolute Gasteiger partial charge is 0.327 e. The Morgan fingerprint density at radius 3 is 1.83 bits per heavy atom. The number of hydrogen-bond donors (Lipinski definition) is 1. The van der Waals surface area contributed by atoms with Crippen LogP contribution in [0.25, 0.3) is 0 Å². The molecule has 0 rings (SSSR count). The van der Waals surface area contributed by atoms with Crippen LogP contribution in [0.2, 0.25) is 0 Å². The zero-order valence-electron chi connectivity index (χ0n) is 6.82. The van der Waals surface area contributed by atoms with Crippen LogP contribution >= 0.6 is 44.3 Å². The molecule has 0 spiro atoms. The molecule has 7 heteroatoms. The van der Waals surface area contributed by atoms with Crippen LogP contribution in [-0.4, -0.2) is 12.6 Å². The monoisotopic (exact) mass is 281 g/mol. The molecule has 0 bridgehead atoms. The van der Waals surface area contributed by atoms with Crippen molar-refractivity contribution in [1.82, 2.24) is 0 Å². The molecule has 0 amide bonds. The van der Waals surface area contributed by atoms with Crippen LogP contribution in [0, 0.1) is 5.92 Å². The van der Waals surface area contributed by atoms with E-state index in [2.05, 4.69) is 0 Å². The fourth-order valence-electron chi connectivity index (χ4n) is 0.424. The summed E-state index contributed by atoms with van der Waals surface area (Å²) in [6, 6.07) is 0. The maximum Gasteiger partial charge on any atom is 0.342 e. The highest BCUT2D eigenvalue weighted by atomic mass is 35.8. The van der Waals surface area contributed by atoms with Crippen molar-refractivity contribution in [2.75, 3.05) is 0 Å². The van der Waals surface area contributed by atoms with Crippen LogP contribution in [0.1, 0.15) is 13.8 Å². The number of rotatable bonds is 3. The van der Waals surface area contributed by atoms with E-state index in [1.54, 1.807) is 5.70 Å². The summed E-state index contributed by atoms with van der Waals surface area (Å²) >= 11 is 23.4. The topological polar surface area (TPSA) is 26.0 Å². The van der Waals surface area contributed by atoms with Crippen molar-refractivity contribution in [3.63, 3.8) is 0 Å². The lowest BCUT2D eigenvalue weighted by molar-refractivity contribution is 0.833. The van der Waals surface area contributed by atoms with Gasteiger partial charge in [-0.2, -0.15) is 0 Å². The third kappa shape index (κ3) is 4.51. The molecular formula is C5H11Cl4NSi2. The van der Waals surface area contributed by atoms with Crippen molar-refractivity contribution < 1.29 is 0 Å². The Balaban J connectivity index is 4.43. The van der Waals surface area contributed by atoms with Crippen molar-refractivity contribution in [1.29, 1.82) is 0 Å². The molecule has 0 aromatic carbocycles. The Kier molecular flexibility index (Phi) is 5.19. The molecule has 0 saturated heterocycles. The molecule has 0 unspecified atom stereocenters. The zero-order chi connectivity index (χ0) is 9.99. The second-order valence-corrected chi connectivity index (χ2v) is 22.5. The third-order valence-corrected chi connectivity index (χ3v) is 20.8. The molecule has 0 radical (unpaired) electrons. The Morgan fingerprint density at radius 1 is 1.17 bits per heavy atom. The van der Waals surface area contributed by atoms with Gasteiger partial charge in [0.2, 0.25) is 0 Å².